The molecule has 0 saturated heterocycles. The molecule has 7 heteroatoms. The Bertz CT molecular complexity index is 715. The Labute approximate surface area is 131 Å². The van der Waals surface area contributed by atoms with E-state index in [1.54, 1.807) is 25.2 Å². The van der Waals surface area contributed by atoms with Crippen molar-refractivity contribution in [3.8, 4) is 0 Å². The maximum atomic E-state index is 13.4. The van der Waals surface area contributed by atoms with E-state index in [2.05, 4.69) is 5.32 Å². The minimum absolute atomic E-state index is 0.250. The second-order valence-electron chi connectivity index (χ2n) is 4.52. The Hall–Kier alpha value is -2.96. The van der Waals surface area contributed by atoms with Gasteiger partial charge in [0.15, 0.2) is 6.61 Å². The molecule has 0 atom stereocenters. The zero-order valence-corrected chi connectivity index (χ0v) is 12.2. The fraction of sp³-hybridized carbons (Fsp3) is 0.125. The number of ether oxygens (including phenoxy) is 1. The number of carbonyl (C=O) groups is 2. The van der Waals surface area contributed by atoms with Crippen LogP contribution in [0.4, 0.5) is 20.2 Å². The molecule has 23 heavy (non-hydrogen) atoms. The molecule has 2 aromatic rings. The summed E-state index contributed by atoms with van der Waals surface area (Å²) in [6, 6.07) is 9.77. The van der Waals surface area contributed by atoms with Crippen LogP contribution in [0.25, 0.3) is 0 Å². The molecular formula is C16H14F2N2O3. The van der Waals surface area contributed by atoms with Gasteiger partial charge in [0.25, 0.3) is 5.91 Å². The van der Waals surface area contributed by atoms with Gasteiger partial charge in [-0.3, -0.25) is 4.79 Å². The smallest absolute Gasteiger partial charge is 0.340 e. The van der Waals surface area contributed by atoms with Gasteiger partial charge in [-0.15, -0.1) is 0 Å². The number of rotatable bonds is 5. The van der Waals surface area contributed by atoms with Gasteiger partial charge in [0.1, 0.15) is 17.3 Å². The van der Waals surface area contributed by atoms with Gasteiger partial charge in [0.2, 0.25) is 0 Å². The highest BCUT2D eigenvalue weighted by Gasteiger charge is 2.16. The van der Waals surface area contributed by atoms with E-state index in [1.807, 2.05) is 5.32 Å². The molecule has 2 rings (SSSR count). The number of para-hydroxylation sites is 2. The number of nitrogens with one attached hydrogen (secondary N) is 2. The summed E-state index contributed by atoms with van der Waals surface area (Å²) in [6.07, 6.45) is 0. The fourth-order valence-electron chi connectivity index (χ4n) is 1.88. The first-order valence-electron chi connectivity index (χ1n) is 6.70. The molecule has 0 aliphatic carbocycles. The topological polar surface area (TPSA) is 67.4 Å². The van der Waals surface area contributed by atoms with Gasteiger partial charge in [-0.1, -0.05) is 18.2 Å². The predicted molar refractivity (Wildman–Crippen MR) is 81.3 cm³/mol. The summed E-state index contributed by atoms with van der Waals surface area (Å²) in [5, 5.41) is 4.85. The van der Waals surface area contributed by atoms with Gasteiger partial charge in [0, 0.05) is 12.7 Å². The summed E-state index contributed by atoms with van der Waals surface area (Å²) in [5.41, 5.74) is 0.210. The summed E-state index contributed by atoms with van der Waals surface area (Å²) >= 11 is 0. The number of amides is 1. The first-order valence-corrected chi connectivity index (χ1v) is 6.70. The summed E-state index contributed by atoms with van der Waals surface area (Å²) in [6.45, 7) is -0.662. The van der Waals surface area contributed by atoms with Crippen LogP contribution in [0.2, 0.25) is 0 Å². The van der Waals surface area contributed by atoms with Crippen LogP contribution in [-0.4, -0.2) is 25.5 Å². The van der Waals surface area contributed by atoms with Gasteiger partial charge in [-0.25, -0.2) is 13.6 Å². The largest absolute Gasteiger partial charge is 0.452 e. The monoisotopic (exact) mass is 320 g/mol. The number of carbonyl (C=O) groups excluding carboxylic acids is 2. The standard InChI is InChI=1S/C16H14F2N2O3/c1-19-13-8-3-2-5-10(13)16(22)23-9-14(21)20-15-11(17)6-4-7-12(15)18/h2-8,19H,9H2,1H3,(H,20,21). The molecule has 0 aliphatic heterocycles. The average Bonchev–Trinajstić information content (AvgIpc) is 2.56. The van der Waals surface area contributed by atoms with E-state index in [1.165, 1.54) is 12.1 Å². The Morgan fingerprint density at radius 1 is 1.04 bits per heavy atom. The van der Waals surface area contributed by atoms with E-state index < -0.39 is 35.8 Å². The van der Waals surface area contributed by atoms with Crippen molar-refractivity contribution in [1.29, 1.82) is 0 Å². The Morgan fingerprint density at radius 3 is 2.35 bits per heavy atom. The van der Waals surface area contributed by atoms with Crippen LogP contribution in [-0.2, 0) is 9.53 Å². The van der Waals surface area contributed by atoms with Crippen molar-refractivity contribution < 1.29 is 23.1 Å². The van der Waals surface area contributed by atoms with Crippen LogP contribution in [0.1, 0.15) is 10.4 Å². The molecular weight excluding hydrogens is 306 g/mol. The molecule has 0 aliphatic rings. The number of halogens is 2. The fourth-order valence-corrected chi connectivity index (χ4v) is 1.88. The number of benzene rings is 2. The normalized spacial score (nSPS) is 10.0. The third-order valence-electron chi connectivity index (χ3n) is 2.98. The van der Waals surface area contributed by atoms with Gasteiger partial charge in [-0.2, -0.15) is 0 Å². The zero-order valence-electron chi connectivity index (χ0n) is 12.2. The predicted octanol–water partition coefficient (Wildman–Crippen LogP) is 2.80. The second kappa shape index (κ2) is 7.35. The molecule has 2 N–H and O–H groups in total. The third-order valence-corrected chi connectivity index (χ3v) is 2.98. The van der Waals surface area contributed by atoms with Crippen LogP contribution in [0.3, 0.4) is 0 Å². The lowest BCUT2D eigenvalue weighted by Gasteiger charge is -2.10. The van der Waals surface area contributed by atoms with Gasteiger partial charge < -0.3 is 15.4 Å². The van der Waals surface area contributed by atoms with Gasteiger partial charge in [-0.05, 0) is 24.3 Å². The first-order chi connectivity index (χ1) is 11.0. The molecule has 0 saturated carbocycles. The highest BCUT2D eigenvalue weighted by Crippen LogP contribution is 2.18. The van der Waals surface area contributed by atoms with Gasteiger partial charge >= 0.3 is 5.97 Å². The lowest BCUT2D eigenvalue weighted by atomic mass is 10.2. The van der Waals surface area contributed by atoms with Crippen LogP contribution in [0.5, 0.6) is 0 Å². The quantitative estimate of drug-likeness (QED) is 0.831. The van der Waals surface area contributed by atoms with Gasteiger partial charge in [0.05, 0.1) is 5.56 Å². The van der Waals surface area contributed by atoms with Crippen molar-refractivity contribution >= 4 is 23.3 Å². The molecule has 120 valence electrons. The molecule has 1 amide bonds. The summed E-state index contributed by atoms with van der Waals surface area (Å²) < 4.78 is 31.7. The van der Waals surface area contributed by atoms with Crippen LogP contribution in [0.15, 0.2) is 42.5 Å². The molecule has 0 bridgehead atoms. The molecule has 0 radical (unpaired) electrons. The molecule has 0 spiro atoms. The summed E-state index contributed by atoms with van der Waals surface area (Å²) in [4.78, 5) is 23.6. The van der Waals surface area contributed by atoms with E-state index in [0.717, 1.165) is 12.1 Å². The summed E-state index contributed by atoms with van der Waals surface area (Å²) in [5.74, 6) is -3.39. The minimum atomic E-state index is -0.912. The molecule has 2 aromatic carbocycles. The highest BCUT2D eigenvalue weighted by molar-refractivity contribution is 5.98. The number of esters is 1. The van der Waals surface area contributed by atoms with Crippen molar-refractivity contribution in [1.82, 2.24) is 0 Å². The van der Waals surface area contributed by atoms with Crippen LogP contribution in [0, 0.1) is 11.6 Å². The van der Waals surface area contributed by atoms with E-state index in [-0.39, 0.29) is 5.56 Å². The minimum Gasteiger partial charge on any atom is -0.452 e. The van der Waals surface area contributed by atoms with Crippen molar-refractivity contribution in [2.75, 3.05) is 24.3 Å². The van der Waals surface area contributed by atoms with Crippen molar-refractivity contribution in [3.63, 3.8) is 0 Å². The lowest BCUT2D eigenvalue weighted by molar-refractivity contribution is -0.119. The second-order valence-corrected chi connectivity index (χ2v) is 4.52. The number of hydrogen-bond acceptors (Lipinski definition) is 4. The van der Waals surface area contributed by atoms with Crippen molar-refractivity contribution in [3.05, 3.63) is 59.7 Å². The molecule has 0 unspecified atom stereocenters. The molecule has 5 nitrogen and oxygen atoms in total. The van der Waals surface area contributed by atoms with Crippen molar-refractivity contribution in [2.24, 2.45) is 0 Å². The van der Waals surface area contributed by atoms with E-state index in [4.69, 9.17) is 4.74 Å². The molecule has 0 fully saturated rings. The lowest BCUT2D eigenvalue weighted by Crippen LogP contribution is -2.22. The molecule has 0 heterocycles. The SMILES string of the molecule is CNc1ccccc1C(=O)OCC(=O)Nc1c(F)cccc1F. The van der Waals surface area contributed by atoms with E-state index in [9.17, 15) is 18.4 Å². The van der Waals surface area contributed by atoms with E-state index in [0.29, 0.717) is 5.69 Å². The molecule has 0 aromatic heterocycles. The van der Waals surface area contributed by atoms with Crippen molar-refractivity contribution in [2.45, 2.75) is 0 Å². The number of hydrogen-bond donors (Lipinski definition) is 2. The van der Waals surface area contributed by atoms with Crippen LogP contribution >= 0.6 is 0 Å². The first kappa shape index (κ1) is 16.4. The van der Waals surface area contributed by atoms with E-state index >= 15 is 0 Å². The third kappa shape index (κ3) is 4.03. The zero-order chi connectivity index (χ0) is 16.8. The van der Waals surface area contributed by atoms with Crippen LogP contribution < -0.4 is 10.6 Å². The average molecular weight is 320 g/mol. The Kier molecular flexibility index (Phi) is 5.24. The maximum Gasteiger partial charge on any atom is 0.340 e. The maximum absolute atomic E-state index is 13.4. The Morgan fingerprint density at radius 2 is 1.70 bits per heavy atom. The number of anilines is 2. The Balaban J connectivity index is 1.98. The highest BCUT2D eigenvalue weighted by atomic mass is 19.1. The summed E-state index contributed by atoms with van der Waals surface area (Å²) in [7, 11) is 1.64.